The number of aliphatic carboxylic acids is 1. The third-order valence-electron chi connectivity index (χ3n) is 3.67. The van der Waals surface area contributed by atoms with E-state index in [1.807, 2.05) is 0 Å². The number of ether oxygens (including phenoxy) is 1. The maximum Gasteiger partial charge on any atom is 0.347 e. The number of amides is 1. The first kappa shape index (κ1) is 18.8. The van der Waals surface area contributed by atoms with Crippen molar-refractivity contribution in [1.82, 2.24) is 0 Å². The molecular formula is C19H20ClNO4. The van der Waals surface area contributed by atoms with Gasteiger partial charge in [-0.15, -0.1) is 0 Å². The second kappa shape index (κ2) is 7.57. The van der Waals surface area contributed by atoms with Gasteiger partial charge >= 0.3 is 5.97 Å². The molecule has 2 aromatic carbocycles. The lowest BCUT2D eigenvalue weighted by Crippen LogP contribution is -2.37. The lowest BCUT2D eigenvalue weighted by Gasteiger charge is -2.23. The minimum absolute atomic E-state index is 0.0883. The molecule has 0 aliphatic rings. The van der Waals surface area contributed by atoms with E-state index in [1.54, 1.807) is 53.4 Å². The zero-order chi connectivity index (χ0) is 18.6. The first-order chi connectivity index (χ1) is 11.7. The SMILES string of the molecule is CC(=O)N(Cc1ccc(OC(C)(C)C(=O)O)cc1)c1ccc(Cl)cc1. The minimum atomic E-state index is -1.31. The van der Waals surface area contributed by atoms with Crippen LogP contribution in [0.5, 0.6) is 5.75 Å². The van der Waals surface area contributed by atoms with Crippen molar-refractivity contribution in [3.05, 3.63) is 59.1 Å². The van der Waals surface area contributed by atoms with Crippen LogP contribution in [-0.4, -0.2) is 22.6 Å². The van der Waals surface area contributed by atoms with Crippen LogP contribution >= 0.6 is 11.6 Å². The predicted molar refractivity (Wildman–Crippen MR) is 97.1 cm³/mol. The molecule has 1 amide bonds. The number of hydrogen-bond acceptors (Lipinski definition) is 3. The van der Waals surface area contributed by atoms with Gasteiger partial charge in [0.15, 0.2) is 5.60 Å². The molecule has 2 rings (SSSR count). The molecule has 6 heteroatoms. The lowest BCUT2D eigenvalue weighted by atomic mass is 10.1. The summed E-state index contributed by atoms with van der Waals surface area (Å²) in [5.41, 5.74) is 0.339. The van der Waals surface area contributed by atoms with Crippen LogP contribution in [0.25, 0.3) is 0 Å². The summed E-state index contributed by atoms with van der Waals surface area (Å²) in [6, 6.07) is 14.0. The van der Waals surface area contributed by atoms with E-state index in [0.29, 0.717) is 17.3 Å². The summed E-state index contributed by atoms with van der Waals surface area (Å²) in [5.74, 6) is -0.672. The fraction of sp³-hybridized carbons (Fsp3) is 0.263. The Morgan fingerprint density at radius 3 is 2.12 bits per heavy atom. The van der Waals surface area contributed by atoms with Crippen LogP contribution in [0.2, 0.25) is 5.02 Å². The van der Waals surface area contributed by atoms with Crippen molar-refractivity contribution >= 4 is 29.2 Å². The van der Waals surface area contributed by atoms with E-state index in [1.165, 1.54) is 20.8 Å². The highest BCUT2D eigenvalue weighted by atomic mass is 35.5. The Labute approximate surface area is 151 Å². The van der Waals surface area contributed by atoms with Gasteiger partial charge in [0, 0.05) is 17.6 Å². The number of carboxylic acids is 1. The molecule has 0 heterocycles. The Morgan fingerprint density at radius 1 is 1.08 bits per heavy atom. The average Bonchev–Trinajstić information content (AvgIpc) is 2.54. The first-order valence-corrected chi connectivity index (χ1v) is 8.12. The molecule has 0 spiro atoms. The number of rotatable bonds is 6. The highest BCUT2D eigenvalue weighted by molar-refractivity contribution is 6.30. The van der Waals surface area contributed by atoms with Gasteiger partial charge in [-0.2, -0.15) is 0 Å². The van der Waals surface area contributed by atoms with E-state index >= 15 is 0 Å². The summed E-state index contributed by atoms with van der Waals surface area (Å²) < 4.78 is 5.47. The summed E-state index contributed by atoms with van der Waals surface area (Å²) in [4.78, 5) is 24.7. The topological polar surface area (TPSA) is 66.8 Å². The van der Waals surface area contributed by atoms with Crippen LogP contribution in [0, 0.1) is 0 Å². The monoisotopic (exact) mass is 361 g/mol. The molecule has 0 unspecified atom stereocenters. The summed E-state index contributed by atoms with van der Waals surface area (Å²) >= 11 is 5.89. The quantitative estimate of drug-likeness (QED) is 0.839. The molecule has 2 aromatic rings. The highest BCUT2D eigenvalue weighted by Gasteiger charge is 2.29. The molecule has 1 N–H and O–H groups in total. The fourth-order valence-corrected chi connectivity index (χ4v) is 2.32. The van der Waals surface area contributed by atoms with Crippen LogP contribution in [0.15, 0.2) is 48.5 Å². The first-order valence-electron chi connectivity index (χ1n) is 7.74. The molecule has 0 aliphatic carbocycles. The van der Waals surface area contributed by atoms with Gasteiger partial charge in [0.25, 0.3) is 0 Å². The van der Waals surface area contributed by atoms with Crippen LogP contribution in [-0.2, 0) is 16.1 Å². The van der Waals surface area contributed by atoms with Gasteiger partial charge in [0.05, 0.1) is 6.54 Å². The summed E-state index contributed by atoms with van der Waals surface area (Å²) in [5, 5.41) is 9.71. The largest absolute Gasteiger partial charge is 0.478 e. The molecule has 0 bridgehead atoms. The molecule has 0 saturated carbocycles. The van der Waals surface area contributed by atoms with Crippen molar-refractivity contribution in [2.75, 3.05) is 4.90 Å². The molecule has 0 aromatic heterocycles. The summed E-state index contributed by atoms with van der Waals surface area (Å²) in [7, 11) is 0. The van der Waals surface area contributed by atoms with Crippen LogP contribution < -0.4 is 9.64 Å². The zero-order valence-corrected chi connectivity index (χ0v) is 15.1. The molecular weight excluding hydrogens is 342 g/mol. The van der Waals surface area contributed by atoms with E-state index in [0.717, 1.165) is 11.3 Å². The molecule has 0 saturated heterocycles. The van der Waals surface area contributed by atoms with Crippen LogP contribution in [0.4, 0.5) is 5.69 Å². The van der Waals surface area contributed by atoms with E-state index in [4.69, 9.17) is 21.4 Å². The van der Waals surface area contributed by atoms with Crippen molar-refractivity contribution < 1.29 is 19.4 Å². The predicted octanol–water partition coefficient (Wildman–Crippen LogP) is 4.14. The van der Waals surface area contributed by atoms with Crippen molar-refractivity contribution in [3.63, 3.8) is 0 Å². The minimum Gasteiger partial charge on any atom is -0.478 e. The highest BCUT2D eigenvalue weighted by Crippen LogP contribution is 2.23. The number of nitrogens with zero attached hydrogens (tertiary/aromatic N) is 1. The number of hydrogen-bond donors (Lipinski definition) is 1. The Kier molecular flexibility index (Phi) is 5.69. The van der Waals surface area contributed by atoms with Crippen molar-refractivity contribution in [1.29, 1.82) is 0 Å². The molecule has 25 heavy (non-hydrogen) atoms. The third kappa shape index (κ3) is 4.97. The van der Waals surface area contributed by atoms with Crippen molar-refractivity contribution in [2.45, 2.75) is 32.9 Å². The van der Waals surface area contributed by atoms with Gasteiger partial charge in [-0.1, -0.05) is 23.7 Å². The smallest absolute Gasteiger partial charge is 0.347 e. The fourth-order valence-electron chi connectivity index (χ4n) is 2.19. The van der Waals surface area contributed by atoms with Crippen molar-refractivity contribution in [3.8, 4) is 5.75 Å². The number of benzene rings is 2. The molecule has 0 aliphatic heterocycles. The van der Waals surface area contributed by atoms with Gasteiger partial charge < -0.3 is 14.7 Å². The maximum atomic E-state index is 12.0. The molecule has 0 radical (unpaired) electrons. The molecule has 5 nitrogen and oxygen atoms in total. The second-order valence-corrected chi connectivity index (χ2v) is 6.58. The maximum absolute atomic E-state index is 12.0. The Hall–Kier alpha value is -2.53. The third-order valence-corrected chi connectivity index (χ3v) is 3.92. The Balaban J connectivity index is 2.14. The average molecular weight is 362 g/mol. The number of carbonyl (C=O) groups is 2. The van der Waals surface area contributed by atoms with Crippen molar-refractivity contribution in [2.24, 2.45) is 0 Å². The number of halogens is 1. The number of carboxylic acid groups (broad SMARTS) is 1. The molecule has 132 valence electrons. The Morgan fingerprint density at radius 2 is 1.64 bits per heavy atom. The van der Waals surface area contributed by atoms with E-state index in [-0.39, 0.29) is 5.91 Å². The van der Waals surface area contributed by atoms with E-state index < -0.39 is 11.6 Å². The van der Waals surface area contributed by atoms with Gasteiger partial charge in [-0.25, -0.2) is 4.79 Å². The second-order valence-electron chi connectivity index (χ2n) is 6.14. The lowest BCUT2D eigenvalue weighted by molar-refractivity contribution is -0.152. The molecule has 0 fully saturated rings. The summed E-state index contributed by atoms with van der Waals surface area (Å²) in [6.45, 7) is 4.86. The normalized spacial score (nSPS) is 11.0. The number of carbonyl (C=O) groups excluding carboxylic acids is 1. The summed E-state index contributed by atoms with van der Waals surface area (Å²) in [6.07, 6.45) is 0. The van der Waals surface area contributed by atoms with E-state index in [9.17, 15) is 9.59 Å². The van der Waals surface area contributed by atoms with Gasteiger partial charge in [0.1, 0.15) is 5.75 Å². The van der Waals surface area contributed by atoms with Gasteiger partial charge in [-0.3, -0.25) is 4.79 Å². The number of anilines is 1. The molecule has 0 atom stereocenters. The van der Waals surface area contributed by atoms with Gasteiger partial charge in [0.2, 0.25) is 5.91 Å². The standard InChI is InChI=1S/C19H20ClNO4/c1-13(22)21(16-8-6-15(20)7-9-16)12-14-4-10-17(11-5-14)25-19(2,3)18(23)24/h4-11H,12H2,1-3H3,(H,23,24). The Bertz CT molecular complexity index is 754. The van der Waals surface area contributed by atoms with Gasteiger partial charge in [-0.05, 0) is 55.8 Å². The zero-order valence-electron chi connectivity index (χ0n) is 14.3. The van der Waals surface area contributed by atoms with Crippen LogP contribution in [0.1, 0.15) is 26.3 Å². The van der Waals surface area contributed by atoms with E-state index in [2.05, 4.69) is 0 Å². The van der Waals surface area contributed by atoms with Crippen LogP contribution in [0.3, 0.4) is 0 Å².